The maximum atomic E-state index is 12.4. The number of hydrogen-bond donors (Lipinski definition) is 1. The molecule has 0 radical (unpaired) electrons. The van der Waals surface area contributed by atoms with Crippen LogP contribution < -0.4 is 5.32 Å². The first kappa shape index (κ1) is 19.2. The number of carbonyl (C=O) groups is 1. The number of hydrogen-bond acceptors (Lipinski definition) is 3. The summed E-state index contributed by atoms with van der Waals surface area (Å²) < 4.78 is 42.2. The van der Waals surface area contributed by atoms with Gasteiger partial charge in [-0.3, -0.25) is 0 Å². The standard InChI is InChI=1S/C17H22F3NO2/c1-16(2,3)21-11-4-12-23-15(22)10-7-13-5-8-14(9-6-13)17(18,19)20/h5-10,21H,4,11-12H2,1-3H3/b10-7+. The minimum absolute atomic E-state index is 0.0203. The van der Waals surface area contributed by atoms with Crippen LogP contribution in [-0.4, -0.2) is 24.7 Å². The van der Waals surface area contributed by atoms with Gasteiger partial charge in [0.15, 0.2) is 0 Å². The molecule has 3 nitrogen and oxygen atoms in total. The Kier molecular flexibility index (Phi) is 6.81. The van der Waals surface area contributed by atoms with E-state index in [2.05, 4.69) is 5.32 Å². The summed E-state index contributed by atoms with van der Waals surface area (Å²) in [5.74, 6) is -0.513. The molecule has 0 aromatic heterocycles. The molecule has 0 unspecified atom stereocenters. The Hall–Kier alpha value is -1.82. The van der Waals surface area contributed by atoms with Crippen LogP contribution in [0.4, 0.5) is 13.2 Å². The molecule has 0 saturated heterocycles. The van der Waals surface area contributed by atoms with E-state index in [0.29, 0.717) is 18.6 Å². The Morgan fingerprint density at radius 2 is 1.78 bits per heavy atom. The predicted molar refractivity (Wildman–Crippen MR) is 83.8 cm³/mol. The van der Waals surface area contributed by atoms with Gasteiger partial charge in [0.25, 0.3) is 0 Å². The number of benzene rings is 1. The lowest BCUT2D eigenvalue weighted by atomic mass is 10.1. The van der Waals surface area contributed by atoms with Gasteiger partial charge >= 0.3 is 12.1 Å². The molecule has 0 aliphatic rings. The summed E-state index contributed by atoms with van der Waals surface area (Å²) in [5.41, 5.74) is -0.195. The smallest absolute Gasteiger partial charge is 0.416 e. The zero-order valence-corrected chi connectivity index (χ0v) is 13.5. The zero-order valence-electron chi connectivity index (χ0n) is 13.5. The third kappa shape index (κ3) is 8.40. The van der Waals surface area contributed by atoms with Crippen molar-refractivity contribution in [2.24, 2.45) is 0 Å². The summed E-state index contributed by atoms with van der Waals surface area (Å²) in [6, 6.07) is 4.56. The van der Waals surface area contributed by atoms with Crippen molar-refractivity contribution in [3.05, 3.63) is 41.5 Å². The molecule has 0 saturated carbocycles. The molecule has 0 heterocycles. The van der Waals surface area contributed by atoms with Crippen LogP contribution in [0, 0.1) is 0 Å². The molecule has 1 rings (SSSR count). The molecule has 1 N–H and O–H groups in total. The van der Waals surface area contributed by atoms with Gasteiger partial charge in [0, 0.05) is 11.6 Å². The minimum Gasteiger partial charge on any atom is -0.462 e. The summed E-state index contributed by atoms with van der Waals surface area (Å²) in [5, 5.41) is 3.27. The van der Waals surface area contributed by atoms with E-state index in [1.54, 1.807) is 0 Å². The molecule has 0 fully saturated rings. The summed E-state index contributed by atoms with van der Waals surface area (Å²) in [6.07, 6.45) is -1.03. The Labute approximate surface area is 134 Å². The van der Waals surface area contributed by atoms with Crippen LogP contribution in [0.25, 0.3) is 6.08 Å². The molecule has 0 atom stereocenters. The van der Waals surface area contributed by atoms with Crippen LogP contribution >= 0.6 is 0 Å². The molecule has 23 heavy (non-hydrogen) atoms. The molecule has 1 aromatic rings. The third-order valence-corrected chi connectivity index (χ3v) is 2.87. The van der Waals surface area contributed by atoms with E-state index in [9.17, 15) is 18.0 Å². The molecular weight excluding hydrogens is 307 g/mol. The summed E-state index contributed by atoms with van der Waals surface area (Å²) in [6.45, 7) is 7.17. The van der Waals surface area contributed by atoms with Crippen molar-refractivity contribution >= 4 is 12.0 Å². The average molecular weight is 329 g/mol. The van der Waals surface area contributed by atoms with Crippen molar-refractivity contribution < 1.29 is 22.7 Å². The first-order chi connectivity index (χ1) is 10.6. The van der Waals surface area contributed by atoms with Gasteiger partial charge in [0.05, 0.1) is 12.2 Å². The van der Waals surface area contributed by atoms with Crippen LogP contribution in [0.2, 0.25) is 0 Å². The normalized spacial score (nSPS) is 12.6. The van der Waals surface area contributed by atoms with Crippen LogP contribution in [0.1, 0.15) is 38.3 Å². The molecule has 128 valence electrons. The molecule has 6 heteroatoms. The first-order valence-electron chi connectivity index (χ1n) is 7.35. The molecular formula is C17H22F3NO2. The molecule has 0 aliphatic carbocycles. The molecule has 0 bridgehead atoms. The van der Waals surface area contributed by atoms with Gasteiger partial charge < -0.3 is 10.1 Å². The van der Waals surface area contributed by atoms with Crippen LogP contribution in [0.3, 0.4) is 0 Å². The molecule has 0 amide bonds. The minimum atomic E-state index is -4.36. The highest BCUT2D eigenvalue weighted by Gasteiger charge is 2.29. The van der Waals surface area contributed by atoms with Crippen LogP contribution in [0.5, 0.6) is 0 Å². The van der Waals surface area contributed by atoms with Gasteiger partial charge in [-0.1, -0.05) is 12.1 Å². The quantitative estimate of drug-likeness (QED) is 0.486. The van der Waals surface area contributed by atoms with Gasteiger partial charge in [0.1, 0.15) is 0 Å². The lowest BCUT2D eigenvalue weighted by Crippen LogP contribution is -2.36. The van der Waals surface area contributed by atoms with Gasteiger partial charge in [-0.05, 0) is 57.5 Å². The van der Waals surface area contributed by atoms with E-state index in [0.717, 1.165) is 18.7 Å². The fourth-order valence-electron chi connectivity index (χ4n) is 1.70. The van der Waals surface area contributed by atoms with E-state index in [1.165, 1.54) is 24.3 Å². The molecule has 0 aliphatic heterocycles. The summed E-state index contributed by atoms with van der Waals surface area (Å²) in [4.78, 5) is 11.5. The lowest BCUT2D eigenvalue weighted by molar-refractivity contribution is -0.138. The summed E-state index contributed by atoms with van der Waals surface area (Å²) >= 11 is 0. The Morgan fingerprint density at radius 3 is 2.30 bits per heavy atom. The Bertz CT molecular complexity index is 528. The van der Waals surface area contributed by atoms with Gasteiger partial charge in [0.2, 0.25) is 0 Å². The van der Waals surface area contributed by atoms with E-state index in [1.807, 2.05) is 20.8 Å². The lowest BCUT2D eigenvalue weighted by Gasteiger charge is -2.20. The highest BCUT2D eigenvalue weighted by Crippen LogP contribution is 2.29. The molecule has 1 aromatic carbocycles. The van der Waals surface area contributed by atoms with E-state index >= 15 is 0 Å². The largest absolute Gasteiger partial charge is 0.462 e. The van der Waals surface area contributed by atoms with Crippen molar-refractivity contribution in [1.29, 1.82) is 0 Å². The first-order valence-corrected chi connectivity index (χ1v) is 7.35. The Balaban J connectivity index is 2.35. The molecule has 0 spiro atoms. The van der Waals surface area contributed by atoms with Crippen LogP contribution in [-0.2, 0) is 15.7 Å². The van der Waals surface area contributed by atoms with E-state index in [-0.39, 0.29) is 5.54 Å². The van der Waals surface area contributed by atoms with Crippen molar-refractivity contribution in [3.63, 3.8) is 0 Å². The van der Waals surface area contributed by atoms with Crippen molar-refractivity contribution in [1.82, 2.24) is 5.32 Å². The maximum Gasteiger partial charge on any atom is 0.416 e. The second-order valence-electron chi connectivity index (χ2n) is 6.15. The number of carbonyl (C=O) groups excluding carboxylic acids is 1. The number of esters is 1. The SMILES string of the molecule is CC(C)(C)NCCCOC(=O)/C=C/c1ccc(C(F)(F)F)cc1. The average Bonchev–Trinajstić information content (AvgIpc) is 2.43. The van der Waals surface area contributed by atoms with E-state index in [4.69, 9.17) is 4.74 Å². The van der Waals surface area contributed by atoms with Gasteiger partial charge in [-0.2, -0.15) is 13.2 Å². The Morgan fingerprint density at radius 1 is 1.17 bits per heavy atom. The number of alkyl halides is 3. The van der Waals surface area contributed by atoms with Gasteiger partial charge in [-0.15, -0.1) is 0 Å². The van der Waals surface area contributed by atoms with Crippen molar-refractivity contribution in [3.8, 4) is 0 Å². The highest BCUT2D eigenvalue weighted by atomic mass is 19.4. The maximum absolute atomic E-state index is 12.4. The van der Waals surface area contributed by atoms with Crippen LogP contribution in [0.15, 0.2) is 30.3 Å². The number of rotatable bonds is 6. The van der Waals surface area contributed by atoms with Crippen molar-refractivity contribution in [2.75, 3.05) is 13.2 Å². The fourth-order valence-corrected chi connectivity index (χ4v) is 1.70. The zero-order chi connectivity index (χ0) is 17.5. The fraction of sp³-hybridized carbons (Fsp3) is 0.471. The number of nitrogens with one attached hydrogen (secondary N) is 1. The van der Waals surface area contributed by atoms with Gasteiger partial charge in [-0.25, -0.2) is 4.79 Å². The third-order valence-electron chi connectivity index (χ3n) is 2.87. The summed E-state index contributed by atoms with van der Waals surface area (Å²) in [7, 11) is 0. The van der Waals surface area contributed by atoms with Crippen molar-refractivity contribution in [2.45, 2.75) is 38.9 Å². The van der Waals surface area contributed by atoms with E-state index < -0.39 is 17.7 Å². The second-order valence-corrected chi connectivity index (χ2v) is 6.15. The predicted octanol–water partition coefficient (Wildman–Crippen LogP) is 4.04. The number of halogens is 3. The topological polar surface area (TPSA) is 38.3 Å². The number of ether oxygens (including phenoxy) is 1. The monoisotopic (exact) mass is 329 g/mol. The highest BCUT2D eigenvalue weighted by molar-refractivity contribution is 5.87. The second kappa shape index (κ2) is 8.15.